The van der Waals surface area contributed by atoms with Crippen LogP contribution in [0.4, 0.5) is 4.39 Å². The van der Waals surface area contributed by atoms with E-state index in [1.54, 1.807) is 12.1 Å². The number of thioether (sulfide) groups is 1. The van der Waals surface area contributed by atoms with Crippen LogP contribution in [0.2, 0.25) is 0 Å². The van der Waals surface area contributed by atoms with E-state index in [1.807, 2.05) is 6.92 Å². The molecule has 0 aliphatic carbocycles. The van der Waals surface area contributed by atoms with Crippen LogP contribution in [0, 0.1) is 12.7 Å². The van der Waals surface area contributed by atoms with Gasteiger partial charge in [-0.05, 0) is 31.0 Å². The number of rotatable bonds is 6. The molecule has 0 unspecified atom stereocenters. The van der Waals surface area contributed by atoms with Gasteiger partial charge in [0.05, 0.1) is 5.75 Å². The third-order valence-electron chi connectivity index (χ3n) is 2.48. The molecule has 0 saturated carbocycles. The molecule has 0 atom stereocenters. The molecule has 2 rings (SSSR count). The zero-order valence-electron chi connectivity index (χ0n) is 10.9. The highest BCUT2D eigenvalue weighted by molar-refractivity contribution is 8.01. The first-order valence-electron chi connectivity index (χ1n) is 6.07. The number of nitrogens with zero attached hydrogens (tertiary/aromatic N) is 2. The molecule has 7 heteroatoms. The summed E-state index contributed by atoms with van der Waals surface area (Å²) in [5, 5.41) is 11.5. The predicted octanol–water partition coefficient (Wildman–Crippen LogP) is 2.44. The third-order valence-corrected chi connectivity index (χ3v) is 4.46. The molecule has 2 aromatic rings. The number of carbonyl (C=O) groups excluding carboxylic acids is 1. The van der Waals surface area contributed by atoms with E-state index in [9.17, 15) is 9.18 Å². The van der Waals surface area contributed by atoms with Gasteiger partial charge < -0.3 is 5.32 Å². The average molecular weight is 311 g/mol. The lowest BCUT2D eigenvalue weighted by atomic mass is 10.1. The van der Waals surface area contributed by atoms with Gasteiger partial charge in [-0.15, -0.1) is 10.2 Å². The van der Waals surface area contributed by atoms with E-state index in [0.29, 0.717) is 18.7 Å². The molecule has 0 spiro atoms. The Morgan fingerprint density at radius 2 is 2.10 bits per heavy atom. The van der Waals surface area contributed by atoms with Crippen molar-refractivity contribution in [2.75, 3.05) is 12.3 Å². The summed E-state index contributed by atoms with van der Waals surface area (Å²) in [6.07, 6.45) is 0.689. The lowest BCUT2D eigenvalue weighted by Crippen LogP contribution is -2.27. The summed E-state index contributed by atoms with van der Waals surface area (Å²) < 4.78 is 13.5. The lowest BCUT2D eigenvalue weighted by Gasteiger charge is -2.04. The van der Waals surface area contributed by atoms with Crippen molar-refractivity contribution in [3.05, 3.63) is 40.7 Å². The van der Waals surface area contributed by atoms with Gasteiger partial charge in [0.25, 0.3) is 0 Å². The Kier molecular flexibility index (Phi) is 5.49. The Bertz CT molecular complexity index is 571. The number of amides is 1. The van der Waals surface area contributed by atoms with Gasteiger partial charge in [0.1, 0.15) is 10.8 Å². The van der Waals surface area contributed by atoms with Crippen molar-refractivity contribution in [1.82, 2.24) is 15.5 Å². The molecule has 106 valence electrons. The third kappa shape index (κ3) is 4.90. The summed E-state index contributed by atoms with van der Waals surface area (Å²) in [6.45, 7) is 2.42. The van der Waals surface area contributed by atoms with Crippen LogP contribution in [0.15, 0.2) is 28.6 Å². The molecule has 0 bridgehead atoms. The second-order valence-electron chi connectivity index (χ2n) is 4.10. The first-order chi connectivity index (χ1) is 9.63. The van der Waals surface area contributed by atoms with E-state index in [4.69, 9.17) is 0 Å². The van der Waals surface area contributed by atoms with Crippen LogP contribution in [0.1, 0.15) is 10.6 Å². The van der Waals surface area contributed by atoms with Crippen molar-refractivity contribution in [3.63, 3.8) is 0 Å². The van der Waals surface area contributed by atoms with Crippen molar-refractivity contribution in [2.24, 2.45) is 0 Å². The monoisotopic (exact) mass is 311 g/mol. The predicted molar refractivity (Wildman–Crippen MR) is 78.5 cm³/mol. The molecule has 1 N–H and O–H groups in total. The van der Waals surface area contributed by atoms with E-state index in [2.05, 4.69) is 15.5 Å². The summed E-state index contributed by atoms with van der Waals surface area (Å²) in [5.74, 6) is 0.0458. The summed E-state index contributed by atoms with van der Waals surface area (Å²) in [5.41, 5.74) is 0.999. The van der Waals surface area contributed by atoms with Crippen molar-refractivity contribution >= 4 is 29.0 Å². The van der Waals surface area contributed by atoms with Crippen LogP contribution >= 0.6 is 23.1 Å². The quantitative estimate of drug-likeness (QED) is 0.833. The number of benzene rings is 1. The topological polar surface area (TPSA) is 54.9 Å². The second kappa shape index (κ2) is 7.35. The normalized spacial score (nSPS) is 10.5. The molecule has 0 fully saturated rings. The van der Waals surface area contributed by atoms with Gasteiger partial charge in [0.15, 0.2) is 4.34 Å². The molecule has 4 nitrogen and oxygen atoms in total. The first kappa shape index (κ1) is 14.9. The van der Waals surface area contributed by atoms with Crippen molar-refractivity contribution in [2.45, 2.75) is 17.7 Å². The number of carbonyl (C=O) groups is 1. The minimum Gasteiger partial charge on any atom is -0.355 e. The van der Waals surface area contributed by atoms with Gasteiger partial charge in [-0.25, -0.2) is 4.39 Å². The highest BCUT2D eigenvalue weighted by atomic mass is 32.2. The molecule has 1 amide bonds. The smallest absolute Gasteiger partial charge is 0.230 e. The van der Waals surface area contributed by atoms with E-state index in [1.165, 1.54) is 35.2 Å². The Hall–Kier alpha value is -1.47. The highest BCUT2D eigenvalue weighted by Gasteiger charge is 2.06. The van der Waals surface area contributed by atoms with Gasteiger partial charge in [0.2, 0.25) is 5.91 Å². The molecule has 0 saturated heterocycles. The molecule has 1 heterocycles. The number of aromatic nitrogens is 2. The fourth-order valence-corrected chi connectivity index (χ4v) is 3.16. The minimum atomic E-state index is -0.249. The Labute approximate surface area is 124 Å². The molecule has 1 aromatic carbocycles. The van der Waals surface area contributed by atoms with Gasteiger partial charge in [-0.2, -0.15) is 0 Å². The van der Waals surface area contributed by atoms with Gasteiger partial charge in [-0.1, -0.05) is 35.2 Å². The first-order valence-corrected chi connectivity index (χ1v) is 7.88. The summed E-state index contributed by atoms with van der Waals surface area (Å²) in [4.78, 5) is 11.6. The molecular formula is C13H14FN3OS2. The van der Waals surface area contributed by atoms with Crippen LogP contribution in [0.5, 0.6) is 0 Å². The van der Waals surface area contributed by atoms with Crippen molar-refractivity contribution in [3.8, 4) is 0 Å². The fourth-order valence-electron chi connectivity index (χ4n) is 1.51. The van der Waals surface area contributed by atoms with Crippen LogP contribution in [0.25, 0.3) is 0 Å². The Morgan fingerprint density at radius 3 is 2.75 bits per heavy atom. The molecule has 0 aliphatic rings. The number of halogens is 1. The molecule has 0 radical (unpaired) electrons. The maximum Gasteiger partial charge on any atom is 0.230 e. The largest absolute Gasteiger partial charge is 0.355 e. The second-order valence-corrected chi connectivity index (χ2v) is 6.51. The summed E-state index contributed by atoms with van der Waals surface area (Å²) in [6, 6.07) is 6.29. The number of aryl methyl sites for hydroxylation is 1. The fraction of sp³-hybridized carbons (Fsp3) is 0.308. The van der Waals surface area contributed by atoms with Gasteiger partial charge in [0, 0.05) is 6.54 Å². The Morgan fingerprint density at radius 1 is 1.35 bits per heavy atom. The molecule has 1 aromatic heterocycles. The summed E-state index contributed by atoms with van der Waals surface area (Å²) >= 11 is 2.86. The SMILES string of the molecule is Cc1nnc(SCC(=O)NCCc2ccc(F)cc2)s1. The summed E-state index contributed by atoms with van der Waals surface area (Å²) in [7, 11) is 0. The molecular weight excluding hydrogens is 297 g/mol. The van der Waals surface area contributed by atoms with E-state index < -0.39 is 0 Å². The minimum absolute atomic E-state index is 0.0371. The van der Waals surface area contributed by atoms with Crippen molar-refractivity contribution in [1.29, 1.82) is 0 Å². The maximum atomic E-state index is 12.7. The number of nitrogens with one attached hydrogen (secondary N) is 1. The van der Waals surface area contributed by atoms with Crippen LogP contribution < -0.4 is 5.32 Å². The molecule has 20 heavy (non-hydrogen) atoms. The average Bonchev–Trinajstić information content (AvgIpc) is 2.85. The zero-order chi connectivity index (χ0) is 14.4. The lowest BCUT2D eigenvalue weighted by molar-refractivity contribution is -0.118. The van der Waals surface area contributed by atoms with Gasteiger partial charge >= 0.3 is 0 Å². The van der Waals surface area contributed by atoms with E-state index in [0.717, 1.165) is 14.9 Å². The van der Waals surface area contributed by atoms with E-state index in [-0.39, 0.29) is 11.7 Å². The Balaban J connectivity index is 1.66. The maximum absolute atomic E-state index is 12.7. The number of hydrogen-bond donors (Lipinski definition) is 1. The number of hydrogen-bond acceptors (Lipinski definition) is 5. The van der Waals surface area contributed by atoms with E-state index >= 15 is 0 Å². The molecule has 0 aliphatic heterocycles. The van der Waals surface area contributed by atoms with Crippen molar-refractivity contribution < 1.29 is 9.18 Å². The standard InChI is InChI=1S/C13H14FN3OS2/c1-9-16-17-13(20-9)19-8-12(18)15-7-6-10-2-4-11(14)5-3-10/h2-5H,6-8H2,1H3,(H,15,18). The van der Waals surface area contributed by atoms with Crippen LogP contribution in [-0.2, 0) is 11.2 Å². The van der Waals surface area contributed by atoms with Crippen LogP contribution in [0.3, 0.4) is 0 Å². The highest BCUT2D eigenvalue weighted by Crippen LogP contribution is 2.21. The van der Waals surface area contributed by atoms with Gasteiger partial charge in [-0.3, -0.25) is 4.79 Å². The van der Waals surface area contributed by atoms with Crippen LogP contribution in [-0.4, -0.2) is 28.4 Å². The zero-order valence-corrected chi connectivity index (χ0v) is 12.6.